The maximum Gasteiger partial charge on any atom is 0.337 e. The molecule has 2 aromatic carbocycles. The molecule has 0 heterocycles. The van der Waals surface area contributed by atoms with Gasteiger partial charge in [-0.1, -0.05) is 6.07 Å². The molecule has 2 aromatic rings. The number of esters is 1. The number of nitro benzene ring substituents is 1. The highest BCUT2D eigenvalue weighted by atomic mass is 32.1. The number of non-ortho nitro benzene ring substituents is 1. The second kappa shape index (κ2) is 8.06. The summed E-state index contributed by atoms with van der Waals surface area (Å²) in [5.74, 6) is -0.179. The number of carbonyl (C=O) groups is 1. The predicted octanol–water partition coefficient (Wildman–Crippen LogP) is 3.20. The Balaban J connectivity index is 2.13. The van der Waals surface area contributed by atoms with Crippen LogP contribution in [0.1, 0.15) is 10.4 Å². The third-order valence-electron chi connectivity index (χ3n) is 3.19. The monoisotopic (exact) mass is 361 g/mol. The van der Waals surface area contributed by atoms with E-state index in [0.29, 0.717) is 16.9 Å². The van der Waals surface area contributed by atoms with Crippen LogP contribution < -0.4 is 15.4 Å². The molecule has 0 aliphatic carbocycles. The van der Waals surface area contributed by atoms with Gasteiger partial charge in [0.05, 0.1) is 36.5 Å². The number of nitrogens with one attached hydrogen (secondary N) is 2. The Labute approximate surface area is 148 Å². The Kier molecular flexibility index (Phi) is 5.85. The molecule has 0 aliphatic rings. The van der Waals surface area contributed by atoms with Crippen molar-refractivity contribution in [2.45, 2.75) is 0 Å². The van der Waals surface area contributed by atoms with Crippen LogP contribution in [0.25, 0.3) is 0 Å². The molecule has 0 unspecified atom stereocenters. The van der Waals surface area contributed by atoms with Crippen LogP contribution in [0.2, 0.25) is 0 Å². The van der Waals surface area contributed by atoms with Gasteiger partial charge in [-0.2, -0.15) is 0 Å². The van der Waals surface area contributed by atoms with Gasteiger partial charge in [-0.3, -0.25) is 10.1 Å². The van der Waals surface area contributed by atoms with Gasteiger partial charge < -0.3 is 20.1 Å². The summed E-state index contributed by atoms with van der Waals surface area (Å²) in [6.07, 6.45) is 0. The summed E-state index contributed by atoms with van der Waals surface area (Å²) in [6, 6.07) is 10.8. The molecule has 0 fully saturated rings. The molecule has 0 spiro atoms. The van der Waals surface area contributed by atoms with Gasteiger partial charge in [0.1, 0.15) is 5.75 Å². The zero-order chi connectivity index (χ0) is 18.4. The van der Waals surface area contributed by atoms with Gasteiger partial charge >= 0.3 is 5.97 Å². The molecule has 0 saturated carbocycles. The molecule has 0 amide bonds. The lowest BCUT2D eigenvalue weighted by atomic mass is 10.2. The summed E-state index contributed by atoms with van der Waals surface area (Å²) in [4.78, 5) is 21.8. The minimum absolute atomic E-state index is 0.0907. The third-order valence-corrected chi connectivity index (χ3v) is 3.39. The van der Waals surface area contributed by atoms with Crippen LogP contribution in [-0.2, 0) is 4.74 Å². The fraction of sp³-hybridized carbons (Fsp3) is 0.125. The first-order valence-electron chi connectivity index (χ1n) is 7.03. The fourth-order valence-electron chi connectivity index (χ4n) is 2.02. The van der Waals surface area contributed by atoms with Crippen LogP contribution in [0.4, 0.5) is 17.1 Å². The van der Waals surface area contributed by atoms with Crippen LogP contribution in [0, 0.1) is 10.1 Å². The zero-order valence-corrected chi connectivity index (χ0v) is 14.3. The molecule has 2 rings (SSSR count). The van der Waals surface area contributed by atoms with E-state index < -0.39 is 10.9 Å². The smallest absolute Gasteiger partial charge is 0.337 e. The second-order valence-corrected chi connectivity index (χ2v) is 5.20. The third kappa shape index (κ3) is 4.64. The van der Waals surface area contributed by atoms with Crippen molar-refractivity contribution < 1.29 is 19.2 Å². The first-order valence-corrected chi connectivity index (χ1v) is 7.44. The largest absolute Gasteiger partial charge is 0.494 e. The van der Waals surface area contributed by atoms with Crippen LogP contribution in [0.5, 0.6) is 5.75 Å². The van der Waals surface area contributed by atoms with E-state index in [1.165, 1.54) is 32.4 Å². The Bertz CT molecular complexity index is 825. The summed E-state index contributed by atoms with van der Waals surface area (Å²) in [5.41, 5.74) is 1.34. The van der Waals surface area contributed by atoms with E-state index in [2.05, 4.69) is 15.4 Å². The van der Waals surface area contributed by atoms with Gasteiger partial charge in [-0.05, 0) is 36.5 Å². The van der Waals surface area contributed by atoms with Crippen LogP contribution >= 0.6 is 12.2 Å². The highest BCUT2D eigenvalue weighted by Crippen LogP contribution is 2.29. The number of hydrogen-bond acceptors (Lipinski definition) is 6. The number of anilines is 2. The number of rotatable bonds is 5. The number of hydrogen-bond donors (Lipinski definition) is 2. The standard InChI is InChI=1S/C16H15N3O5S/c1-23-14-9-12(19(21)22)6-7-13(14)18-16(25)17-11-5-3-4-10(8-11)15(20)24-2/h3-9H,1-2H3,(H2,17,18,25). The average molecular weight is 361 g/mol. The zero-order valence-electron chi connectivity index (χ0n) is 13.4. The Morgan fingerprint density at radius 2 is 1.92 bits per heavy atom. The lowest BCUT2D eigenvalue weighted by Crippen LogP contribution is -2.19. The first-order chi connectivity index (χ1) is 11.9. The summed E-state index contributed by atoms with van der Waals surface area (Å²) < 4.78 is 9.80. The van der Waals surface area contributed by atoms with Crippen molar-refractivity contribution >= 4 is 40.4 Å². The molecule has 0 radical (unpaired) electrons. The van der Waals surface area contributed by atoms with E-state index in [0.717, 1.165) is 0 Å². The van der Waals surface area contributed by atoms with Crippen molar-refractivity contribution in [2.24, 2.45) is 0 Å². The minimum Gasteiger partial charge on any atom is -0.494 e. The van der Waals surface area contributed by atoms with Gasteiger partial charge in [0.2, 0.25) is 0 Å². The Morgan fingerprint density at radius 3 is 2.56 bits per heavy atom. The quantitative estimate of drug-likeness (QED) is 0.362. The van der Waals surface area contributed by atoms with Gasteiger partial charge in [0, 0.05) is 11.8 Å². The number of benzene rings is 2. The van der Waals surface area contributed by atoms with E-state index >= 15 is 0 Å². The topological polar surface area (TPSA) is 103 Å². The normalized spacial score (nSPS) is 9.84. The number of thiocarbonyl (C=S) groups is 1. The molecule has 0 atom stereocenters. The van der Waals surface area contributed by atoms with Crippen molar-refractivity contribution in [3.8, 4) is 5.75 Å². The molecule has 0 bridgehead atoms. The van der Waals surface area contributed by atoms with E-state index in [-0.39, 0.29) is 16.5 Å². The molecule has 0 saturated heterocycles. The highest BCUT2D eigenvalue weighted by molar-refractivity contribution is 7.80. The fourth-order valence-corrected chi connectivity index (χ4v) is 2.25. The number of methoxy groups -OCH3 is 2. The molecule has 25 heavy (non-hydrogen) atoms. The molecule has 0 aliphatic heterocycles. The van der Waals surface area contributed by atoms with Gasteiger partial charge in [0.25, 0.3) is 5.69 Å². The summed E-state index contributed by atoms with van der Waals surface area (Å²) in [7, 11) is 2.70. The summed E-state index contributed by atoms with van der Waals surface area (Å²) in [5, 5.41) is 16.9. The van der Waals surface area contributed by atoms with Crippen LogP contribution in [0.15, 0.2) is 42.5 Å². The lowest BCUT2D eigenvalue weighted by Gasteiger charge is -2.13. The van der Waals surface area contributed by atoms with Crippen molar-refractivity contribution in [2.75, 3.05) is 24.9 Å². The Morgan fingerprint density at radius 1 is 1.16 bits per heavy atom. The molecule has 8 nitrogen and oxygen atoms in total. The Hall–Kier alpha value is -3.20. The first kappa shape index (κ1) is 18.1. The molecular formula is C16H15N3O5S. The van der Waals surface area contributed by atoms with Crippen LogP contribution in [-0.4, -0.2) is 30.2 Å². The minimum atomic E-state index is -0.513. The van der Waals surface area contributed by atoms with Gasteiger partial charge in [-0.25, -0.2) is 4.79 Å². The van der Waals surface area contributed by atoms with Crippen molar-refractivity contribution in [1.29, 1.82) is 0 Å². The van der Waals surface area contributed by atoms with Crippen molar-refractivity contribution in [1.82, 2.24) is 0 Å². The van der Waals surface area contributed by atoms with Crippen molar-refractivity contribution in [3.05, 3.63) is 58.1 Å². The molecule has 9 heteroatoms. The number of ether oxygens (including phenoxy) is 2. The predicted molar refractivity (Wildman–Crippen MR) is 97.3 cm³/mol. The maximum absolute atomic E-state index is 11.5. The van der Waals surface area contributed by atoms with Gasteiger partial charge in [-0.15, -0.1) is 0 Å². The second-order valence-electron chi connectivity index (χ2n) is 4.79. The highest BCUT2D eigenvalue weighted by Gasteiger charge is 2.12. The number of carbonyl (C=O) groups excluding carboxylic acids is 1. The average Bonchev–Trinajstić information content (AvgIpc) is 2.61. The summed E-state index contributed by atoms with van der Waals surface area (Å²) >= 11 is 5.22. The number of nitro groups is 1. The van der Waals surface area contributed by atoms with Crippen molar-refractivity contribution in [3.63, 3.8) is 0 Å². The molecule has 2 N–H and O–H groups in total. The van der Waals surface area contributed by atoms with E-state index in [1.807, 2.05) is 0 Å². The SMILES string of the molecule is COC(=O)c1cccc(NC(=S)Nc2ccc([N+](=O)[O-])cc2OC)c1. The molecule has 130 valence electrons. The number of nitrogens with zero attached hydrogens (tertiary/aromatic N) is 1. The maximum atomic E-state index is 11.5. The molecular weight excluding hydrogens is 346 g/mol. The van der Waals surface area contributed by atoms with Gasteiger partial charge in [0.15, 0.2) is 5.11 Å². The molecule has 0 aromatic heterocycles. The van der Waals surface area contributed by atoms with E-state index in [9.17, 15) is 14.9 Å². The summed E-state index contributed by atoms with van der Waals surface area (Å²) in [6.45, 7) is 0. The van der Waals surface area contributed by atoms with Crippen LogP contribution in [0.3, 0.4) is 0 Å². The van der Waals surface area contributed by atoms with E-state index in [4.69, 9.17) is 17.0 Å². The van der Waals surface area contributed by atoms with E-state index in [1.54, 1.807) is 24.3 Å². The lowest BCUT2D eigenvalue weighted by molar-refractivity contribution is -0.384.